The van der Waals surface area contributed by atoms with Crippen LogP contribution in [0.15, 0.2) is 38.3 Å². The first-order valence-corrected chi connectivity index (χ1v) is 6.64. The highest BCUT2D eigenvalue weighted by atomic mass is 35.5. The Morgan fingerprint density at radius 1 is 1.29 bits per heavy atom. The largest absolute Gasteiger partial charge is 0.463 e. The first kappa shape index (κ1) is 13.6. The predicted octanol–water partition coefficient (Wildman–Crippen LogP) is 2.64. The number of hydrogen-bond donors (Lipinski definition) is 1. The molecule has 5 nitrogen and oxygen atoms in total. The van der Waals surface area contributed by atoms with Crippen LogP contribution in [0.25, 0.3) is 17.0 Å². The fourth-order valence-electron chi connectivity index (χ4n) is 2.21. The van der Waals surface area contributed by atoms with Crippen LogP contribution in [-0.2, 0) is 4.79 Å². The number of carbonyl (C=O) groups excluding carboxylic acids is 1. The lowest BCUT2D eigenvalue weighted by molar-refractivity contribution is -0.116. The number of carbonyl (C=O) groups is 1. The van der Waals surface area contributed by atoms with Gasteiger partial charge in [0.05, 0.1) is 22.2 Å². The average molecular weight is 303 g/mol. The Labute approximate surface area is 124 Å². The Bertz CT molecular complexity index is 894. The summed E-state index contributed by atoms with van der Waals surface area (Å²) in [6.45, 7) is 3.45. The Morgan fingerprint density at radius 2 is 2.05 bits per heavy atom. The molecule has 2 aromatic rings. The second-order valence-electron chi connectivity index (χ2n) is 4.76. The number of fused-ring (bicyclic) bond motifs is 1. The van der Waals surface area contributed by atoms with Crippen LogP contribution in [0.2, 0.25) is 5.02 Å². The van der Waals surface area contributed by atoms with Crippen LogP contribution in [-0.4, -0.2) is 11.6 Å². The van der Waals surface area contributed by atoms with Gasteiger partial charge in [0.25, 0.3) is 5.91 Å². The molecule has 1 amide bonds. The van der Waals surface area contributed by atoms with Crippen LogP contribution in [0.4, 0.5) is 0 Å². The SMILES string of the molecule is CC1=NNC(=O)/C1=C/c1coc2ccc(Cl)c(C)c2c1=O. The highest BCUT2D eigenvalue weighted by Gasteiger charge is 2.20. The summed E-state index contributed by atoms with van der Waals surface area (Å²) in [5.74, 6) is -0.338. The molecule has 1 aliphatic rings. The lowest BCUT2D eigenvalue weighted by Crippen LogP contribution is -2.14. The molecule has 1 aromatic carbocycles. The van der Waals surface area contributed by atoms with E-state index in [9.17, 15) is 9.59 Å². The van der Waals surface area contributed by atoms with Crippen LogP contribution >= 0.6 is 11.6 Å². The van der Waals surface area contributed by atoms with Gasteiger partial charge in [-0.15, -0.1) is 0 Å². The van der Waals surface area contributed by atoms with Crippen LogP contribution < -0.4 is 10.9 Å². The van der Waals surface area contributed by atoms with Gasteiger partial charge in [-0.2, -0.15) is 5.10 Å². The van der Waals surface area contributed by atoms with Crippen molar-refractivity contribution in [2.75, 3.05) is 0 Å². The summed E-state index contributed by atoms with van der Waals surface area (Å²) in [6, 6.07) is 3.33. The van der Waals surface area contributed by atoms with Crippen molar-refractivity contribution in [3.05, 3.63) is 50.3 Å². The molecule has 0 bridgehead atoms. The summed E-state index contributed by atoms with van der Waals surface area (Å²) >= 11 is 6.05. The minimum Gasteiger partial charge on any atom is -0.463 e. The number of hydrogen-bond acceptors (Lipinski definition) is 4. The molecular weight excluding hydrogens is 292 g/mol. The third-order valence-electron chi connectivity index (χ3n) is 3.42. The molecule has 6 heteroatoms. The molecule has 0 saturated carbocycles. The Kier molecular flexibility index (Phi) is 3.14. The molecule has 2 heterocycles. The maximum atomic E-state index is 12.6. The number of aryl methyl sites for hydroxylation is 1. The van der Waals surface area contributed by atoms with E-state index in [2.05, 4.69) is 10.5 Å². The number of nitrogens with zero attached hydrogens (tertiary/aromatic N) is 1. The zero-order valence-electron chi connectivity index (χ0n) is 11.4. The maximum Gasteiger partial charge on any atom is 0.273 e. The third-order valence-corrected chi connectivity index (χ3v) is 3.83. The van der Waals surface area contributed by atoms with Gasteiger partial charge >= 0.3 is 0 Å². The number of halogens is 1. The summed E-state index contributed by atoms with van der Waals surface area (Å²) in [7, 11) is 0. The second kappa shape index (κ2) is 4.86. The first-order valence-electron chi connectivity index (χ1n) is 6.26. The molecule has 0 atom stereocenters. The third kappa shape index (κ3) is 2.15. The molecule has 3 rings (SSSR count). The fraction of sp³-hybridized carbons (Fsp3) is 0.133. The standard InChI is InChI=1S/C15H11ClN2O3/c1-7-11(16)3-4-12-13(7)14(19)9(6-21-12)5-10-8(2)17-18-15(10)20/h3-6H,1-2H3,(H,18,20)/b10-5+. The zero-order chi connectivity index (χ0) is 15.1. The minimum atomic E-state index is -0.338. The van der Waals surface area contributed by atoms with Gasteiger partial charge in [-0.05, 0) is 37.6 Å². The summed E-state index contributed by atoms with van der Waals surface area (Å²) in [4.78, 5) is 24.2. The van der Waals surface area contributed by atoms with Crippen LogP contribution in [0.3, 0.4) is 0 Å². The molecule has 21 heavy (non-hydrogen) atoms. The van der Waals surface area contributed by atoms with Gasteiger partial charge in [0.1, 0.15) is 11.8 Å². The second-order valence-corrected chi connectivity index (χ2v) is 5.17. The highest BCUT2D eigenvalue weighted by molar-refractivity contribution is 6.32. The van der Waals surface area contributed by atoms with Crippen LogP contribution in [0.1, 0.15) is 18.1 Å². The molecule has 106 valence electrons. The average Bonchev–Trinajstić information content (AvgIpc) is 2.77. The van der Waals surface area contributed by atoms with Gasteiger partial charge in [0.2, 0.25) is 0 Å². The van der Waals surface area contributed by atoms with Gasteiger partial charge in [-0.3, -0.25) is 9.59 Å². The van der Waals surface area contributed by atoms with Gasteiger partial charge in [-0.1, -0.05) is 11.6 Å². The van der Waals surface area contributed by atoms with Crippen molar-refractivity contribution in [3.63, 3.8) is 0 Å². The summed E-state index contributed by atoms with van der Waals surface area (Å²) in [6.07, 6.45) is 2.82. The maximum absolute atomic E-state index is 12.6. The van der Waals surface area contributed by atoms with Crippen molar-refractivity contribution >= 4 is 40.3 Å². The van der Waals surface area contributed by atoms with E-state index in [4.69, 9.17) is 16.0 Å². The van der Waals surface area contributed by atoms with E-state index < -0.39 is 0 Å². The van der Waals surface area contributed by atoms with Crippen molar-refractivity contribution in [2.45, 2.75) is 13.8 Å². The molecule has 0 fully saturated rings. The lowest BCUT2D eigenvalue weighted by Gasteiger charge is -2.04. The molecule has 0 saturated heterocycles. The highest BCUT2D eigenvalue weighted by Crippen LogP contribution is 2.24. The van der Waals surface area contributed by atoms with E-state index in [0.717, 1.165) is 0 Å². The van der Waals surface area contributed by atoms with Gasteiger partial charge in [-0.25, -0.2) is 5.43 Å². The van der Waals surface area contributed by atoms with Crippen molar-refractivity contribution < 1.29 is 9.21 Å². The number of nitrogens with one attached hydrogen (secondary N) is 1. The van der Waals surface area contributed by atoms with Crippen molar-refractivity contribution in [2.24, 2.45) is 5.10 Å². The Balaban J connectivity index is 2.27. The fourth-order valence-corrected chi connectivity index (χ4v) is 2.37. The Morgan fingerprint density at radius 3 is 2.71 bits per heavy atom. The van der Waals surface area contributed by atoms with Gasteiger partial charge in [0.15, 0.2) is 5.43 Å². The topological polar surface area (TPSA) is 71.7 Å². The van der Waals surface area contributed by atoms with E-state index >= 15 is 0 Å². The summed E-state index contributed by atoms with van der Waals surface area (Å²) in [5, 5.41) is 4.73. The minimum absolute atomic E-state index is 0.226. The van der Waals surface area contributed by atoms with Crippen molar-refractivity contribution in [1.82, 2.24) is 5.43 Å². The molecule has 0 spiro atoms. The molecule has 1 aromatic heterocycles. The predicted molar refractivity (Wildman–Crippen MR) is 81.5 cm³/mol. The van der Waals surface area contributed by atoms with E-state index in [1.165, 1.54) is 12.3 Å². The lowest BCUT2D eigenvalue weighted by atomic mass is 10.0. The summed E-state index contributed by atoms with van der Waals surface area (Å²) < 4.78 is 5.47. The summed E-state index contributed by atoms with van der Waals surface area (Å²) in [5.41, 5.74) is 4.40. The number of rotatable bonds is 1. The normalized spacial score (nSPS) is 16.4. The van der Waals surface area contributed by atoms with Crippen molar-refractivity contribution in [3.8, 4) is 0 Å². The number of benzene rings is 1. The van der Waals surface area contributed by atoms with E-state index in [1.807, 2.05) is 0 Å². The molecule has 0 radical (unpaired) electrons. The smallest absolute Gasteiger partial charge is 0.273 e. The van der Waals surface area contributed by atoms with Crippen LogP contribution in [0, 0.1) is 6.92 Å². The van der Waals surface area contributed by atoms with Crippen molar-refractivity contribution in [1.29, 1.82) is 0 Å². The molecule has 0 unspecified atom stereocenters. The number of amides is 1. The molecular formula is C15H11ClN2O3. The monoisotopic (exact) mass is 302 g/mol. The van der Waals surface area contributed by atoms with Gasteiger partial charge < -0.3 is 4.42 Å². The zero-order valence-corrected chi connectivity index (χ0v) is 12.1. The van der Waals surface area contributed by atoms with E-state index in [-0.39, 0.29) is 16.9 Å². The first-order chi connectivity index (χ1) is 9.99. The Hall–Kier alpha value is -2.40. The number of hydrazone groups is 1. The molecule has 1 aliphatic heterocycles. The van der Waals surface area contributed by atoms with Crippen LogP contribution in [0.5, 0.6) is 0 Å². The molecule has 0 aliphatic carbocycles. The molecule has 1 N–H and O–H groups in total. The quantitative estimate of drug-likeness (QED) is 0.823. The van der Waals surface area contributed by atoms with Gasteiger partial charge in [0, 0.05) is 5.02 Å². The van der Waals surface area contributed by atoms with E-state index in [1.54, 1.807) is 26.0 Å². The van der Waals surface area contributed by atoms with E-state index in [0.29, 0.717) is 32.8 Å².